The van der Waals surface area contributed by atoms with E-state index in [-0.39, 0.29) is 18.9 Å². The summed E-state index contributed by atoms with van der Waals surface area (Å²) >= 11 is 0. The third-order valence-electron chi connectivity index (χ3n) is 19.9. The van der Waals surface area contributed by atoms with Gasteiger partial charge in [-0.2, -0.15) is 0 Å². The van der Waals surface area contributed by atoms with E-state index < -0.39 is 86.8 Å². The lowest BCUT2D eigenvalue weighted by molar-refractivity contribution is -0.359. The Kier molecular flexibility index (Phi) is 60.1. The highest BCUT2D eigenvalue weighted by molar-refractivity contribution is 5.76. The van der Waals surface area contributed by atoms with Gasteiger partial charge in [-0.15, -0.1) is 0 Å². The molecule has 93 heavy (non-hydrogen) atoms. The average Bonchev–Trinajstić information content (AvgIpc) is 0.831. The first-order valence-corrected chi connectivity index (χ1v) is 40.1. The Morgan fingerprint density at radius 1 is 0.376 bits per heavy atom. The Balaban J connectivity index is 1.61. The van der Waals surface area contributed by atoms with Crippen molar-refractivity contribution in [3.63, 3.8) is 0 Å². The lowest BCUT2D eigenvalue weighted by Crippen LogP contribution is -2.65. The number of nitrogens with one attached hydrogen (secondary N) is 1. The van der Waals surface area contributed by atoms with Crippen LogP contribution in [-0.4, -0.2) is 140 Å². The molecule has 0 aromatic heterocycles. The lowest BCUT2D eigenvalue weighted by Gasteiger charge is -2.46. The maximum absolute atomic E-state index is 13.4. The number of unbranched alkanes of at least 4 members (excludes halogenated alkanes) is 53. The summed E-state index contributed by atoms with van der Waals surface area (Å²) in [6.45, 7) is 2.85. The number of aliphatic hydroxyl groups is 8. The molecule has 2 heterocycles. The largest absolute Gasteiger partial charge is 0.394 e. The Morgan fingerprint density at radius 2 is 0.688 bits per heavy atom. The number of ether oxygens (including phenoxy) is 4. The molecule has 0 aromatic carbocycles. The molecule has 12 unspecified atom stereocenters. The number of amides is 1. The topological polar surface area (TPSA) is 228 Å². The molecule has 1 amide bonds. The fourth-order valence-corrected chi connectivity index (χ4v) is 13.6. The maximum Gasteiger partial charge on any atom is 0.220 e. The third kappa shape index (κ3) is 47.2. The Morgan fingerprint density at radius 3 is 1.05 bits per heavy atom. The monoisotopic (exact) mass is 1320 g/mol. The number of carbonyl (C=O) groups is 1. The van der Waals surface area contributed by atoms with Gasteiger partial charge in [-0.1, -0.05) is 366 Å². The fraction of sp³-hybridized carbons (Fsp3) is 0.937. The van der Waals surface area contributed by atoms with Crippen molar-refractivity contribution in [1.29, 1.82) is 0 Å². The molecule has 0 saturated carbocycles. The maximum atomic E-state index is 13.4. The van der Waals surface area contributed by atoms with Gasteiger partial charge in [0.15, 0.2) is 12.6 Å². The first-order valence-electron chi connectivity index (χ1n) is 40.1. The molecule has 2 saturated heterocycles. The molecule has 14 heteroatoms. The molecule has 550 valence electrons. The molecule has 12 atom stereocenters. The summed E-state index contributed by atoms with van der Waals surface area (Å²) in [7, 11) is 0. The second-order valence-electron chi connectivity index (χ2n) is 28.5. The van der Waals surface area contributed by atoms with Gasteiger partial charge in [-0.05, 0) is 32.1 Å². The quantitative estimate of drug-likeness (QED) is 0.0204. The number of hydrogen-bond acceptors (Lipinski definition) is 13. The molecule has 0 aromatic rings. The molecule has 2 aliphatic heterocycles. The van der Waals surface area contributed by atoms with Crippen LogP contribution in [0.4, 0.5) is 0 Å². The predicted octanol–water partition coefficient (Wildman–Crippen LogP) is 17.9. The molecular formula is C79H151NO13. The van der Waals surface area contributed by atoms with E-state index in [1.54, 1.807) is 6.08 Å². The van der Waals surface area contributed by atoms with Gasteiger partial charge in [0.25, 0.3) is 0 Å². The molecule has 0 bridgehead atoms. The first kappa shape index (κ1) is 87.6. The van der Waals surface area contributed by atoms with Crippen LogP contribution in [0.5, 0.6) is 0 Å². The summed E-state index contributed by atoms with van der Waals surface area (Å²) in [6.07, 6.45) is 65.6. The predicted molar refractivity (Wildman–Crippen MR) is 383 cm³/mol. The zero-order chi connectivity index (χ0) is 67.3. The lowest BCUT2D eigenvalue weighted by atomic mass is 9.97. The van der Waals surface area contributed by atoms with Crippen LogP contribution in [-0.2, 0) is 23.7 Å². The van der Waals surface area contributed by atoms with E-state index in [9.17, 15) is 45.6 Å². The average molecular weight is 1320 g/mol. The number of aliphatic hydroxyl groups excluding tert-OH is 8. The van der Waals surface area contributed by atoms with Gasteiger partial charge in [0, 0.05) is 6.42 Å². The highest BCUT2D eigenvalue weighted by atomic mass is 16.7. The third-order valence-corrected chi connectivity index (χ3v) is 19.9. The number of carbonyl (C=O) groups excluding carboxylic acids is 1. The van der Waals surface area contributed by atoms with Gasteiger partial charge in [0.2, 0.25) is 5.91 Å². The molecule has 0 radical (unpaired) electrons. The van der Waals surface area contributed by atoms with Gasteiger partial charge in [-0.25, -0.2) is 0 Å². The number of rotatable bonds is 68. The van der Waals surface area contributed by atoms with Crippen molar-refractivity contribution in [1.82, 2.24) is 5.32 Å². The summed E-state index contributed by atoms with van der Waals surface area (Å²) in [5.41, 5.74) is 0. The van der Waals surface area contributed by atoms with Crippen LogP contribution in [0.1, 0.15) is 380 Å². The van der Waals surface area contributed by atoms with Crippen molar-refractivity contribution in [3.05, 3.63) is 24.3 Å². The minimum absolute atomic E-state index is 0.240. The van der Waals surface area contributed by atoms with Crippen LogP contribution in [0.25, 0.3) is 0 Å². The van der Waals surface area contributed by atoms with E-state index in [1.807, 2.05) is 6.08 Å². The van der Waals surface area contributed by atoms with E-state index in [4.69, 9.17) is 18.9 Å². The number of hydrogen-bond donors (Lipinski definition) is 9. The summed E-state index contributed by atoms with van der Waals surface area (Å²) in [6, 6.07) is -0.930. The second kappa shape index (κ2) is 63.9. The van der Waals surface area contributed by atoms with Gasteiger partial charge in [0.1, 0.15) is 48.8 Å². The van der Waals surface area contributed by atoms with Crippen LogP contribution in [0.15, 0.2) is 24.3 Å². The van der Waals surface area contributed by atoms with Crippen LogP contribution in [0, 0.1) is 0 Å². The summed E-state index contributed by atoms with van der Waals surface area (Å²) in [5, 5.41) is 87.6. The molecule has 2 aliphatic rings. The Bertz CT molecular complexity index is 1650. The van der Waals surface area contributed by atoms with Crippen LogP contribution in [0.3, 0.4) is 0 Å². The summed E-state index contributed by atoms with van der Waals surface area (Å²) in [5.74, 6) is -0.240. The normalized spacial score (nSPS) is 22.6. The van der Waals surface area contributed by atoms with Crippen molar-refractivity contribution in [2.24, 2.45) is 0 Å². The van der Waals surface area contributed by atoms with Crippen molar-refractivity contribution < 1.29 is 64.6 Å². The summed E-state index contributed by atoms with van der Waals surface area (Å²) in [4.78, 5) is 13.4. The second-order valence-corrected chi connectivity index (χ2v) is 28.5. The van der Waals surface area contributed by atoms with E-state index in [0.29, 0.717) is 12.8 Å². The molecular weight excluding hydrogens is 1170 g/mol. The number of allylic oxidation sites excluding steroid dienone is 3. The smallest absolute Gasteiger partial charge is 0.220 e. The van der Waals surface area contributed by atoms with Crippen molar-refractivity contribution in [2.75, 3.05) is 19.8 Å². The zero-order valence-corrected chi connectivity index (χ0v) is 60.3. The zero-order valence-electron chi connectivity index (χ0n) is 60.3. The standard InChI is InChI=1S/C79H151NO13/c1-3-5-7-9-11-13-15-17-19-21-23-25-27-29-30-31-32-33-34-35-36-37-38-39-41-43-45-47-49-51-53-55-57-59-61-63-71(84)80-67(66-90-78-76(89)74(87)77(70(65-82)92-78)93-79-75(88)73(86)72(85)69(64-81)91-79)68(83)62-60-58-56-54-52-50-48-46-44-42-40-28-26-24-22-20-18-16-14-12-10-8-6-4-2/h52,54,60,62,67-70,72-79,81-83,85-89H,3-51,53,55-59,61,63-66H2,1-2H3,(H,80,84)/b54-52+,62-60+. The molecule has 2 fully saturated rings. The van der Waals surface area contributed by atoms with E-state index >= 15 is 0 Å². The van der Waals surface area contributed by atoms with Gasteiger partial charge < -0.3 is 65.1 Å². The van der Waals surface area contributed by atoms with Crippen molar-refractivity contribution in [2.45, 2.75) is 453 Å². The van der Waals surface area contributed by atoms with Crippen LogP contribution < -0.4 is 5.32 Å². The minimum Gasteiger partial charge on any atom is -0.394 e. The van der Waals surface area contributed by atoms with Crippen molar-refractivity contribution in [3.8, 4) is 0 Å². The SMILES string of the molecule is CCCCCCCCCCCCCCCCCCCC/C=C/CC/C=C/C(O)C(COC1OC(CO)C(OC2OC(CO)C(O)C(O)C2O)C(O)C1O)NC(=O)CCCCCCCCCCCCCCCCCCCCCCCCCCCCCCCCCCCCC. The van der Waals surface area contributed by atoms with Crippen LogP contribution >= 0.6 is 0 Å². The first-order chi connectivity index (χ1) is 45.6. The molecule has 14 nitrogen and oxygen atoms in total. The van der Waals surface area contributed by atoms with Gasteiger partial charge >= 0.3 is 0 Å². The molecule has 9 N–H and O–H groups in total. The van der Waals surface area contributed by atoms with E-state index in [1.165, 1.54) is 315 Å². The Hall–Kier alpha value is -1.53. The van der Waals surface area contributed by atoms with Crippen molar-refractivity contribution >= 4 is 5.91 Å². The molecule has 2 rings (SSSR count). The Labute approximate surface area is 570 Å². The van der Waals surface area contributed by atoms with Gasteiger partial charge in [0.05, 0.1) is 32.0 Å². The minimum atomic E-state index is -1.79. The highest BCUT2D eigenvalue weighted by Crippen LogP contribution is 2.30. The molecule has 0 aliphatic carbocycles. The highest BCUT2D eigenvalue weighted by Gasteiger charge is 2.51. The summed E-state index contributed by atoms with van der Waals surface area (Å²) < 4.78 is 22.9. The molecule has 0 spiro atoms. The van der Waals surface area contributed by atoms with E-state index in [0.717, 1.165) is 32.1 Å². The fourth-order valence-electron chi connectivity index (χ4n) is 13.6. The van der Waals surface area contributed by atoms with Crippen LogP contribution in [0.2, 0.25) is 0 Å². The van der Waals surface area contributed by atoms with E-state index in [2.05, 4.69) is 31.3 Å². The van der Waals surface area contributed by atoms with Gasteiger partial charge in [-0.3, -0.25) is 4.79 Å².